The van der Waals surface area contributed by atoms with Crippen LogP contribution in [0.25, 0.3) is 28.0 Å². The van der Waals surface area contributed by atoms with Gasteiger partial charge in [0.05, 0.1) is 34.1 Å². The number of anilines is 1. The van der Waals surface area contributed by atoms with Gasteiger partial charge in [-0.3, -0.25) is 15.1 Å². The van der Waals surface area contributed by atoms with Crippen LogP contribution >= 0.6 is 91.0 Å². The molecule has 19 nitrogen and oxygen atoms in total. The molecule has 0 aliphatic carbocycles. The number of methoxy groups -OCH3 is 1. The largest absolute Gasteiger partial charge is 0.283 e. The molecule has 0 saturated carbocycles. The molecule has 0 saturated heterocycles. The fourth-order valence-electron chi connectivity index (χ4n) is 11.1. The van der Waals surface area contributed by atoms with Gasteiger partial charge in [-0.25, -0.2) is 24.0 Å². The van der Waals surface area contributed by atoms with Gasteiger partial charge in [-0.15, -0.1) is 0 Å². The van der Waals surface area contributed by atoms with Gasteiger partial charge in [-0.05, 0) is 162 Å². The van der Waals surface area contributed by atoms with Gasteiger partial charge in [0.15, 0.2) is 0 Å². The maximum absolute atomic E-state index is 15.3. The minimum absolute atomic E-state index is 0.229. The average Bonchev–Trinajstić information content (AvgIpc) is 1.57. The number of nitrogens with one attached hydrogen (secondary N) is 1. The molecule has 0 aliphatic heterocycles. The van der Waals surface area contributed by atoms with Crippen molar-refractivity contribution in [3.63, 3.8) is 0 Å². The van der Waals surface area contributed by atoms with Crippen LogP contribution in [-0.4, -0.2) is 108 Å². The zero-order valence-electron chi connectivity index (χ0n) is 58.8. The predicted octanol–water partition coefficient (Wildman–Crippen LogP) is 19.0. The maximum atomic E-state index is 15.3. The van der Waals surface area contributed by atoms with Gasteiger partial charge in [0.25, 0.3) is 0 Å². The Morgan fingerprint density at radius 2 is 0.990 bits per heavy atom. The van der Waals surface area contributed by atoms with Crippen LogP contribution in [0.4, 0.5) is 5.82 Å². The molecule has 0 atom stereocenters. The Bertz CT molecular complexity index is 4580. The molecule has 0 fully saturated rings. The molecule has 0 spiro atoms. The van der Waals surface area contributed by atoms with Gasteiger partial charge < -0.3 is 0 Å². The summed E-state index contributed by atoms with van der Waals surface area (Å²) in [4.78, 5) is 36.8. The third-order valence-corrected chi connectivity index (χ3v) is 36.0. The van der Waals surface area contributed by atoms with Gasteiger partial charge in [-0.2, -0.15) is 20.4 Å². The number of pyridine rings is 5. The molecule has 26 heteroatoms. The van der Waals surface area contributed by atoms with Crippen LogP contribution in [0.2, 0.25) is 23.6 Å². The number of carbonyl (C=O) groups is 1. The van der Waals surface area contributed by atoms with E-state index in [-0.39, 0.29) is 10.5 Å². The van der Waals surface area contributed by atoms with Gasteiger partial charge >= 0.3 is 304 Å². The van der Waals surface area contributed by atoms with Crippen molar-refractivity contribution >= 4 is 146 Å². The fraction of sp³-hybridized carbons (Fsp3) is 0.247. The number of unbranched alkanes of at least 4 members (excludes halogenated alkanes) is 3. The zero-order valence-corrected chi connectivity index (χ0v) is 70.5. The number of nitrogens with zero attached hydrogens (tertiary/aromatic N) is 14. The number of H-pyrrole nitrogens is 1. The quantitative estimate of drug-likeness (QED) is 0.0307. The number of aromatic amines is 1. The van der Waals surface area contributed by atoms with E-state index < -0.39 is 34.4 Å². The van der Waals surface area contributed by atoms with E-state index in [1.165, 1.54) is 7.11 Å². The number of fused-ring (bicyclic) bond motifs is 1. The third kappa shape index (κ3) is 24.3. The summed E-state index contributed by atoms with van der Waals surface area (Å²) in [5.74, 6) is 0.0109. The molecular weight excluding hydrogens is 1800 g/mol. The van der Waals surface area contributed by atoms with E-state index in [4.69, 9.17) is 32.9 Å². The summed E-state index contributed by atoms with van der Waals surface area (Å²) in [5.41, 5.74) is 10.0. The fourth-order valence-corrected chi connectivity index (χ4v) is 32.8. The third-order valence-electron chi connectivity index (χ3n) is 16.2. The first kappa shape index (κ1) is 81.3. The zero-order chi connectivity index (χ0) is 73.7. The Balaban J connectivity index is 0.000000199. The molecule has 536 valence electrons. The van der Waals surface area contributed by atoms with Crippen molar-refractivity contribution in [3.05, 3.63) is 286 Å². The second kappa shape index (κ2) is 41.3. The predicted molar refractivity (Wildman–Crippen MR) is 441 cm³/mol. The molecule has 0 amide bonds. The van der Waals surface area contributed by atoms with Crippen LogP contribution in [0.5, 0.6) is 0 Å². The van der Waals surface area contributed by atoms with Crippen molar-refractivity contribution in [2.75, 3.05) is 12.0 Å². The summed E-state index contributed by atoms with van der Waals surface area (Å²) >= 11 is 14.3. The first-order valence-corrected chi connectivity index (χ1v) is 46.6. The van der Waals surface area contributed by atoms with Crippen molar-refractivity contribution in [2.24, 2.45) is 0 Å². The normalized spacial score (nSPS) is 10.9. The molecule has 103 heavy (non-hydrogen) atoms. The van der Waals surface area contributed by atoms with E-state index in [9.17, 15) is 4.79 Å². The summed E-state index contributed by atoms with van der Waals surface area (Å²) in [7, 11) is -2.75. The van der Waals surface area contributed by atoms with Gasteiger partial charge in [0.1, 0.15) is 17.7 Å². The molecule has 10 aromatic heterocycles. The minimum Gasteiger partial charge on any atom is -0.283 e. The van der Waals surface area contributed by atoms with Crippen LogP contribution in [-0.2, 0) is 27.8 Å². The molecular formula is C77H84Cl2I3N15O4SSn. The van der Waals surface area contributed by atoms with E-state index in [0.717, 1.165) is 117 Å². The van der Waals surface area contributed by atoms with E-state index in [2.05, 4.69) is 169 Å². The summed E-state index contributed by atoms with van der Waals surface area (Å²) in [5, 5.41) is 20.9. The number of ether oxygens (including phenoxy) is 1. The number of hydrogen-bond acceptors (Lipinski definition) is 14. The number of halogens is 5. The van der Waals surface area contributed by atoms with E-state index >= 15 is 8.42 Å². The molecule has 0 bridgehead atoms. The van der Waals surface area contributed by atoms with Crippen molar-refractivity contribution in [3.8, 4) is 17.1 Å². The number of aromatic nitrogens is 14. The Labute approximate surface area is 659 Å². The first-order chi connectivity index (χ1) is 49.7. The maximum Gasteiger partial charge on any atom is 0.131 e. The van der Waals surface area contributed by atoms with E-state index in [1.807, 2.05) is 165 Å². The summed E-state index contributed by atoms with van der Waals surface area (Å²) < 4.78 is 50.1. The molecule has 13 aromatic rings. The molecule has 0 radical (unpaired) electrons. The molecule has 0 aliphatic rings. The van der Waals surface area contributed by atoms with Crippen LogP contribution in [0, 0.1) is 38.7 Å². The number of esters is 1. The Morgan fingerprint density at radius 1 is 0.544 bits per heavy atom. The second-order valence-corrected chi connectivity index (χ2v) is 43.1. The van der Waals surface area contributed by atoms with Crippen LogP contribution in [0.15, 0.2) is 231 Å². The molecule has 13 rings (SSSR count). The summed E-state index contributed by atoms with van der Waals surface area (Å²) in [6.45, 7) is 15.5. The van der Waals surface area contributed by atoms with E-state index in [0.29, 0.717) is 40.1 Å². The van der Waals surface area contributed by atoms with Gasteiger partial charge in [-0.1, -0.05) is 23.2 Å². The van der Waals surface area contributed by atoms with Crippen LogP contribution in [0.3, 0.4) is 0 Å². The average molecular weight is 1890 g/mol. The monoisotopic (exact) mass is 1890 g/mol. The minimum atomic E-state index is -4.11. The topological polar surface area (TPSA) is 215 Å². The second-order valence-electron chi connectivity index (χ2n) is 24.0. The van der Waals surface area contributed by atoms with Crippen molar-refractivity contribution in [1.82, 2.24) is 68.4 Å². The Kier molecular flexibility index (Phi) is 32.6. The van der Waals surface area contributed by atoms with E-state index in [1.54, 1.807) is 76.2 Å². The van der Waals surface area contributed by atoms with Crippen molar-refractivity contribution in [1.29, 1.82) is 0 Å². The number of carbonyl (C=O) groups excluding carboxylic acids is 1. The van der Waals surface area contributed by atoms with Gasteiger partial charge in [0.2, 0.25) is 0 Å². The SMILES string of the molecule is CCC[CH2][Sn]([CH2]CCC)([CH2]CCC)[c]1cc2c(C(=O)OC)cnc(N(Cc3ccccc3)Cc3ccccc3)c2n1S(=O)(=O)c1ccccc1.Cc1ccn(-c2ccnc(Cl)c2)n1.Cc1ccn(-c2ccnc(I)c2)n1.Cc1ccn(-c2ccnc(I)c2)n1.Cc1ccn[nH]1.Clc1cc(I)ccn1. The molecule has 3 aromatic carbocycles. The van der Waals surface area contributed by atoms with Crippen LogP contribution in [0.1, 0.15) is 104 Å². The number of rotatable bonds is 21. The molecule has 10 heterocycles. The molecule has 1 N–H and O–H groups in total. The standard InChI is InChI=1S/C29H24N3O4S.C9H8ClN3.2C9H8IN3.C5H3ClIN.C4H6N2.3C4H9.Sn/c1-36-29(33)26-19-30-28(27-25(26)17-18-32(27)37(34,35)24-15-9-4-10-16-24)31(20-22-11-5-2-6-12-22)21-23-13-7-3-8-14-23;3*1-7-3-5-13(12-7)8-2-4-11-9(10)6-8;6-5-3-4(7)1-2-8-5;1-4-2-3-5-6-4;3*1-3-4-2;/h2-17,19H,20-21H2,1H3;3*2-6H,1H3;1-3H;2-3H,1H3,(H,5,6);3*1,3-4H2,2H3;. The number of benzene rings is 3. The Morgan fingerprint density at radius 3 is 1.36 bits per heavy atom. The van der Waals surface area contributed by atoms with Gasteiger partial charge in [0, 0.05) is 64.9 Å². The smallest absolute Gasteiger partial charge is 0.131 e. The molecule has 0 unspecified atom stereocenters. The summed E-state index contributed by atoms with van der Waals surface area (Å²) in [6, 6.07) is 54.2. The first-order valence-electron chi connectivity index (χ1n) is 33.7. The van der Waals surface area contributed by atoms with Crippen molar-refractivity contribution in [2.45, 2.75) is 118 Å². The summed E-state index contributed by atoms with van der Waals surface area (Å²) in [6.07, 6.45) is 22.3. The van der Waals surface area contributed by atoms with Crippen molar-refractivity contribution < 1.29 is 17.9 Å². The number of hydrogen-bond donors (Lipinski definition) is 1. The number of aryl methyl sites for hydroxylation is 4. The van der Waals surface area contributed by atoms with Crippen LogP contribution < -0.4 is 8.61 Å². The Hall–Kier alpha value is -7.42.